The molecule has 0 aromatic heterocycles. The molecule has 1 amide bonds. The van der Waals surface area contributed by atoms with Gasteiger partial charge < -0.3 is 4.74 Å². The molecular weight excluding hydrogens is 383 g/mol. The highest BCUT2D eigenvalue weighted by Crippen LogP contribution is 2.31. The van der Waals surface area contributed by atoms with Crippen LogP contribution in [0.1, 0.15) is 18.4 Å². The molecule has 1 atom stereocenters. The van der Waals surface area contributed by atoms with Gasteiger partial charge in [0.1, 0.15) is 6.10 Å². The largest absolute Gasteiger partial charge is 0.444 e. The van der Waals surface area contributed by atoms with Crippen LogP contribution in [0.3, 0.4) is 0 Å². The van der Waals surface area contributed by atoms with E-state index in [0.29, 0.717) is 22.5 Å². The van der Waals surface area contributed by atoms with Crippen LogP contribution in [0.15, 0.2) is 48.5 Å². The quantitative estimate of drug-likeness (QED) is 0.698. The maximum absolute atomic E-state index is 13.1. The van der Waals surface area contributed by atoms with Gasteiger partial charge in [0.15, 0.2) is 0 Å². The highest BCUT2D eigenvalue weighted by Gasteiger charge is 2.37. The summed E-state index contributed by atoms with van der Waals surface area (Å²) in [6.07, 6.45) is 1.87. The SMILES string of the molecule is O=C(OC1CN2CCC1CC2)N(Cc1ccc(Cl)c(Cl)c1)c1ccccc1. The van der Waals surface area contributed by atoms with Crippen LogP contribution in [-0.4, -0.2) is 36.7 Å². The number of fused-ring (bicyclic) bond motifs is 3. The van der Waals surface area contributed by atoms with Crippen LogP contribution >= 0.6 is 23.2 Å². The summed E-state index contributed by atoms with van der Waals surface area (Å²) in [5, 5.41) is 0.981. The number of piperidine rings is 3. The fourth-order valence-electron chi connectivity index (χ4n) is 3.93. The molecule has 2 aromatic rings. The number of carbonyl (C=O) groups is 1. The van der Waals surface area contributed by atoms with E-state index < -0.39 is 0 Å². The van der Waals surface area contributed by atoms with Gasteiger partial charge in [0, 0.05) is 12.2 Å². The summed E-state index contributed by atoms with van der Waals surface area (Å²) in [7, 11) is 0. The Morgan fingerprint density at radius 1 is 1.07 bits per heavy atom. The van der Waals surface area contributed by atoms with Gasteiger partial charge in [0.2, 0.25) is 0 Å². The maximum Gasteiger partial charge on any atom is 0.414 e. The normalized spacial score (nSPS) is 23.9. The van der Waals surface area contributed by atoms with Crippen molar-refractivity contribution in [3.05, 3.63) is 64.1 Å². The molecule has 0 aliphatic carbocycles. The Labute approximate surface area is 169 Å². The van der Waals surface area contributed by atoms with Gasteiger partial charge in [-0.3, -0.25) is 9.80 Å². The number of hydrogen-bond acceptors (Lipinski definition) is 3. The molecule has 5 rings (SSSR count). The van der Waals surface area contributed by atoms with Crippen LogP contribution in [0.2, 0.25) is 10.0 Å². The third-order valence-corrected chi connectivity index (χ3v) is 6.20. The number of halogens is 2. The molecule has 3 heterocycles. The summed E-state index contributed by atoms with van der Waals surface area (Å²) < 4.78 is 5.95. The summed E-state index contributed by atoms with van der Waals surface area (Å²) in [5.74, 6) is 0.474. The monoisotopic (exact) mass is 404 g/mol. The fraction of sp³-hybridized carbons (Fsp3) is 0.381. The number of benzene rings is 2. The number of hydrogen-bond donors (Lipinski definition) is 0. The molecule has 3 saturated heterocycles. The van der Waals surface area contributed by atoms with E-state index in [-0.39, 0.29) is 12.2 Å². The minimum atomic E-state index is -0.314. The van der Waals surface area contributed by atoms with E-state index in [1.165, 1.54) is 0 Å². The molecule has 6 heteroatoms. The van der Waals surface area contributed by atoms with E-state index in [9.17, 15) is 4.79 Å². The first kappa shape index (κ1) is 18.6. The number of carbonyl (C=O) groups excluding carboxylic acids is 1. The Kier molecular flexibility index (Phi) is 5.58. The van der Waals surface area contributed by atoms with Gasteiger partial charge in [0.25, 0.3) is 0 Å². The number of nitrogens with zero attached hydrogens (tertiary/aromatic N) is 2. The molecule has 3 aliphatic heterocycles. The predicted molar refractivity (Wildman–Crippen MR) is 109 cm³/mol. The maximum atomic E-state index is 13.1. The Morgan fingerprint density at radius 3 is 2.44 bits per heavy atom. The van der Waals surface area contributed by atoms with Crippen molar-refractivity contribution >= 4 is 35.0 Å². The summed E-state index contributed by atoms with van der Waals surface area (Å²) in [4.78, 5) is 17.1. The van der Waals surface area contributed by atoms with Crippen LogP contribution in [0.25, 0.3) is 0 Å². The van der Waals surface area contributed by atoms with Crippen LogP contribution < -0.4 is 4.90 Å². The first-order chi connectivity index (χ1) is 13.1. The van der Waals surface area contributed by atoms with E-state index in [2.05, 4.69) is 4.90 Å². The predicted octanol–water partition coefficient (Wildman–Crippen LogP) is 5.23. The second kappa shape index (κ2) is 8.09. The summed E-state index contributed by atoms with van der Waals surface area (Å²) >= 11 is 12.2. The molecule has 3 aliphatic rings. The molecule has 0 radical (unpaired) electrons. The lowest BCUT2D eigenvalue weighted by Crippen LogP contribution is -2.53. The first-order valence-corrected chi connectivity index (χ1v) is 10.1. The fourth-order valence-corrected chi connectivity index (χ4v) is 4.25. The van der Waals surface area contributed by atoms with Crippen molar-refractivity contribution in [2.75, 3.05) is 24.5 Å². The van der Waals surface area contributed by atoms with Gasteiger partial charge in [-0.1, -0.05) is 47.5 Å². The van der Waals surface area contributed by atoms with Gasteiger partial charge in [-0.2, -0.15) is 0 Å². The highest BCUT2D eigenvalue weighted by molar-refractivity contribution is 6.42. The average molecular weight is 405 g/mol. The van der Waals surface area contributed by atoms with Gasteiger partial charge >= 0.3 is 6.09 Å². The Morgan fingerprint density at radius 2 is 1.81 bits per heavy atom. The minimum absolute atomic E-state index is 0.0278. The topological polar surface area (TPSA) is 32.8 Å². The highest BCUT2D eigenvalue weighted by atomic mass is 35.5. The second-order valence-electron chi connectivity index (χ2n) is 7.23. The van der Waals surface area contributed by atoms with Gasteiger partial charge in [-0.05, 0) is 61.7 Å². The molecule has 1 unspecified atom stereocenters. The van der Waals surface area contributed by atoms with Crippen molar-refractivity contribution in [2.24, 2.45) is 5.92 Å². The van der Waals surface area contributed by atoms with Crippen molar-refractivity contribution in [2.45, 2.75) is 25.5 Å². The second-order valence-corrected chi connectivity index (χ2v) is 8.04. The molecule has 0 spiro atoms. The lowest BCUT2D eigenvalue weighted by atomic mass is 9.86. The smallest absolute Gasteiger partial charge is 0.414 e. The van der Waals surface area contributed by atoms with E-state index in [1.54, 1.807) is 17.0 Å². The standard InChI is InChI=1S/C21H22Cl2N2O2/c22-18-7-6-15(12-19(18)23)13-25(17-4-2-1-3-5-17)21(26)27-20-14-24-10-8-16(20)9-11-24/h1-7,12,16,20H,8-11,13-14H2. The lowest BCUT2D eigenvalue weighted by Gasteiger charge is -2.44. The van der Waals surface area contributed by atoms with Crippen LogP contribution in [0, 0.1) is 5.92 Å². The molecule has 0 saturated carbocycles. The molecule has 3 fully saturated rings. The van der Waals surface area contributed by atoms with Gasteiger partial charge in [-0.15, -0.1) is 0 Å². The number of para-hydroxylation sites is 1. The molecule has 0 N–H and O–H groups in total. The zero-order chi connectivity index (χ0) is 18.8. The lowest BCUT2D eigenvalue weighted by molar-refractivity contribution is -0.0311. The van der Waals surface area contributed by atoms with Crippen molar-refractivity contribution < 1.29 is 9.53 Å². The number of ether oxygens (including phenoxy) is 1. The van der Waals surface area contributed by atoms with Crippen molar-refractivity contribution in [3.8, 4) is 0 Å². The van der Waals surface area contributed by atoms with Crippen molar-refractivity contribution in [1.29, 1.82) is 0 Å². The Balaban J connectivity index is 1.54. The van der Waals surface area contributed by atoms with Crippen LogP contribution in [-0.2, 0) is 11.3 Å². The number of amides is 1. The summed E-state index contributed by atoms with van der Waals surface area (Å²) in [5.41, 5.74) is 1.70. The first-order valence-electron chi connectivity index (χ1n) is 9.29. The number of rotatable bonds is 4. The molecular formula is C21H22Cl2N2O2. The number of anilines is 1. The van der Waals surface area contributed by atoms with Crippen molar-refractivity contribution in [3.63, 3.8) is 0 Å². The van der Waals surface area contributed by atoms with E-state index >= 15 is 0 Å². The van der Waals surface area contributed by atoms with Crippen molar-refractivity contribution in [1.82, 2.24) is 4.90 Å². The summed E-state index contributed by atoms with van der Waals surface area (Å²) in [6.45, 7) is 3.45. The van der Waals surface area contributed by atoms with Crippen LogP contribution in [0.4, 0.5) is 10.5 Å². The van der Waals surface area contributed by atoms with E-state index in [0.717, 1.165) is 43.7 Å². The van der Waals surface area contributed by atoms with Gasteiger partial charge in [0.05, 0.1) is 16.6 Å². The molecule has 142 valence electrons. The Bertz CT molecular complexity index is 807. The molecule has 27 heavy (non-hydrogen) atoms. The zero-order valence-electron chi connectivity index (χ0n) is 15.0. The van der Waals surface area contributed by atoms with Gasteiger partial charge in [-0.25, -0.2) is 4.79 Å². The third kappa shape index (κ3) is 4.23. The molecule has 4 nitrogen and oxygen atoms in total. The molecule has 2 bridgehead atoms. The Hall–Kier alpha value is -1.75. The minimum Gasteiger partial charge on any atom is -0.444 e. The summed E-state index contributed by atoms with van der Waals surface area (Å²) in [6, 6.07) is 15.0. The van der Waals surface area contributed by atoms with E-state index in [1.807, 2.05) is 36.4 Å². The average Bonchev–Trinajstić information content (AvgIpc) is 2.70. The van der Waals surface area contributed by atoms with E-state index in [4.69, 9.17) is 27.9 Å². The van der Waals surface area contributed by atoms with Crippen LogP contribution in [0.5, 0.6) is 0 Å². The zero-order valence-corrected chi connectivity index (χ0v) is 16.5. The third-order valence-electron chi connectivity index (χ3n) is 5.46. The molecule has 2 aromatic carbocycles.